The number of phenols is 1. The molecule has 3 heteroatoms. The summed E-state index contributed by atoms with van der Waals surface area (Å²) >= 11 is 0. The van der Waals surface area contributed by atoms with E-state index in [-0.39, 0.29) is 6.04 Å². The van der Waals surface area contributed by atoms with Gasteiger partial charge in [0.1, 0.15) is 5.75 Å². The van der Waals surface area contributed by atoms with Crippen LogP contribution in [0, 0.1) is 11.8 Å². The molecule has 0 fully saturated rings. The Labute approximate surface area is 130 Å². The smallest absolute Gasteiger partial charge is 0.120 e. The maximum Gasteiger partial charge on any atom is 0.120 e. The number of hydrogen-bond acceptors (Lipinski definition) is 3. The fourth-order valence-corrected chi connectivity index (χ4v) is 3.51. The summed E-state index contributed by atoms with van der Waals surface area (Å²) in [5.41, 5.74) is 2.19. The van der Waals surface area contributed by atoms with Gasteiger partial charge in [-0.2, -0.15) is 0 Å². The molecule has 1 N–H and O–H groups in total. The molecule has 21 heavy (non-hydrogen) atoms. The van der Waals surface area contributed by atoms with Crippen molar-refractivity contribution in [2.24, 2.45) is 11.8 Å². The first-order chi connectivity index (χ1) is 9.66. The third kappa shape index (κ3) is 4.21. The summed E-state index contributed by atoms with van der Waals surface area (Å²) in [6.45, 7) is 8.81. The Hall–Kier alpha value is -1.06. The van der Waals surface area contributed by atoms with Crippen LogP contribution < -0.4 is 0 Å². The third-order valence-electron chi connectivity index (χ3n) is 4.09. The number of rotatable bonds is 6. The van der Waals surface area contributed by atoms with Crippen molar-refractivity contribution in [1.29, 1.82) is 0 Å². The molecular formula is C18H32N2O. The van der Waals surface area contributed by atoms with Gasteiger partial charge in [0.2, 0.25) is 0 Å². The highest BCUT2D eigenvalue weighted by Crippen LogP contribution is 2.36. The lowest BCUT2D eigenvalue weighted by atomic mass is 9.90. The van der Waals surface area contributed by atoms with E-state index < -0.39 is 0 Å². The van der Waals surface area contributed by atoms with E-state index in [0.717, 1.165) is 5.56 Å². The lowest BCUT2D eigenvalue weighted by Crippen LogP contribution is -2.26. The Bertz CT molecular complexity index is 437. The Morgan fingerprint density at radius 3 is 1.62 bits per heavy atom. The summed E-state index contributed by atoms with van der Waals surface area (Å²) < 4.78 is 0. The Balaban J connectivity index is 3.21. The molecule has 0 radical (unpaired) electrons. The fourth-order valence-electron chi connectivity index (χ4n) is 3.51. The zero-order valence-corrected chi connectivity index (χ0v) is 14.9. The van der Waals surface area contributed by atoms with Gasteiger partial charge in [-0.25, -0.2) is 0 Å². The van der Waals surface area contributed by atoms with Gasteiger partial charge in [0, 0.05) is 17.6 Å². The van der Waals surface area contributed by atoms with Crippen LogP contribution >= 0.6 is 0 Å². The van der Waals surface area contributed by atoms with Crippen LogP contribution in [0.1, 0.15) is 50.9 Å². The maximum absolute atomic E-state index is 10.5. The Morgan fingerprint density at radius 1 is 0.810 bits per heavy atom. The Kier molecular flexibility index (Phi) is 6.24. The van der Waals surface area contributed by atoms with Crippen molar-refractivity contribution in [2.45, 2.75) is 39.8 Å². The predicted octanol–water partition coefficient (Wildman–Crippen LogP) is 3.91. The Morgan fingerprint density at radius 2 is 1.29 bits per heavy atom. The van der Waals surface area contributed by atoms with Crippen LogP contribution in [0.25, 0.3) is 0 Å². The van der Waals surface area contributed by atoms with E-state index in [1.807, 2.05) is 6.07 Å². The molecule has 0 aliphatic rings. The van der Waals surface area contributed by atoms with Crippen molar-refractivity contribution in [3.63, 3.8) is 0 Å². The van der Waals surface area contributed by atoms with E-state index in [0.29, 0.717) is 23.6 Å². The van der Waals surface area contributed by atoms with Crippen LogP contribution in [0.5, 0.6) is 5.75 Å². The van der Waals surface area contributed by atoms with E-state index in [9.17, 15) is 5.11 Å². The molecule has 0 saturated heterocycles. The van der Waals surface area contributed by atoms with Gasteiger partial charge in [-0.1, -0.05) is 39.8 Å². The van der Waals surface area contributed by atoms with Gasteiger partial charge in [0.25, 0.3) is 0 Å². The van der Waals surface area contributed by atoms with Crippen molar-refractivity contribution in [3.05, 3.63) is 29.3 Å². The lowest BCUT2D eigenvalue weighted by molar-refractivity contribution is 0.226. The van der Waals surface area contributed by atoms with E-state index in [1.165, 1.54) is 5.56 Å². The molecule has 0 bridgehead atoms. The summed E-state index contributed by atoms with van der Waals surface area (Å²) in [6, 6.07) is 6.75. The second-order valence-electron chi connectivity index (χ2n) is 7.12. The van der Waals surface area contributed by atoms with E-state index >= 15 is 0 Å². The van der Waals surface area contributed by atoms with Gasteiger partial charge in [0.15, 0.2) is 0 Å². The molecule has 0 aromatic heterocycles. The highest BCUT2D eigenvalue weighted by Gasteiger charge is 2.24. The minimum atomic E-state index is 0.232. The first-order valence-corrected chi connectivity index (χ1v) is 7.82. The maximum atomic E-state index is 10.5. The molecule has 2 atom stereocenters. The van der Waals surface area contributed by atoms with Gasteiger partial charge in [0.05, 0.1) is 0 Å². The van der Waals surface area contributed by atoms with E-state index in [2.05, 4.69) is 77.8 Å². The van der Waals surface area contributed by atoms with Crippen molar-refractivity contribution in [1.82, 2.24) is 9.80 Å². The van der Waals surface area contributed by atoms with Crippen molar-refractivity contribution in [3.8, 4) is 5.75 Å². The summed E-state index contributed by atoms with van der Waals surface area (Å²) in [6.07, 6.45) is 0. The monoisotopic (exact) mass is 292 g/mol. The molecule has 3 nitrogen and oxygen atoms in total. The summed E-state index contributed by atoms with van der Waals surface area (Å²) in [7, 11) is 8.31. The number of benzene rings is 1. The molecule has 0 saturated carbocycles. The minimum Gasteiger partial charge on any atom is -0.508 e. The van der Waals surface area contributed by atoms with Crippen LogP contribution in [-0.4, -0.2) is 43.1 Å². The second-order valence-corrected chi connectivity index (χ2v) is 7.12. The molecule has 0 amide bonds. The average Bonchev–Trinajstić information content (AvgIpc) is 2.30. The average molecular weight is 292 g/mol. The zero-order chi connectivity index (χ0) is 16.3. The SMILES string of the molecule is CC(C)C(c1ccc(C(C(C)C)N(C)C)c(O)c1)N(C)C. The minimum absolute atomic E-state index is 0.232. The van der Waals surface area contributed by atoms with Gasteiger partial charge in [-0.3, -0.25) is 0 Å². The first kappa shape index (κ1) is 18.0. The molecule has 120 valence electrons. The largest absolute Gasteiger partial charge is 0.508 e. The van der Waals surface area contributed by atoms with Crippen molar-refractivity contribution < 1.29 is 5.11 Å². The van der Waals surface area contributed by atoms with Crippen LogP contribution in [0.15, 0.2) is 18.2 Å². The highest BCUT2D eigenvalue weighted by molar-refractivity contribution is 5.40. The molecule has 0 aliphatic heterocycles. The normalized spacial score (nSPS) is 15.2. The quantitative estimate of drug-likeness (QED) is 0.861. The molecule has 2 unspecified atom stereocenters. The fraction of sp³-hybridized carbons (Fsp3) is 0.667. The first-order valence-electron chi connectivity index (χ1n) is 7.82. The van der Waals surface area contributed by atoms with Gasteiger partial charge >= 0.3 is 0 Å². The molecule has 1 aromatic rings. The highest BCUT2D eigenvalue weighted by atomic mass is 16.3. The summed E-state index contributed by atoms with van der Waals surface area (Å²) in [4.78, 5) is 4.39. The topological polar surface area (TPSA) is 26.7 Å². The molecule has 0 heterocycles. The molecule has 0 aliphatic carbocycles. The second kappa shape index (κ2) is 7.28. The standard InChI is InChI=1S/C18H32N2O/c1-12(2)17(19(5)6)14-9-10-15(16(21)11-14)18(13(3)4)20(7)8/h9-13,17-18,21H,1-8H3. The van der Waals surface area contributed by atoms with Crippen LogP contribution in [0.3, 0.4) is 0 Å². The number of hydrogen-bond donors (Lipinski definition) is 1. The molecule has 1 aromatic carbocycles. The number of phenolic OH excluding ortho intramolecular Hbond substituents is 1. The van der Waals surface area contributed by atoms with Crippen molar-refractivity contribution >= 4 is 0 Å². The third-order valence-corrected chi connectivity index (χ3v) is 4.09. The molecular weight excluding hydrogens is 260 g/mol. The van der Waals surface area contributed by atoms with E-state index in [4.69, 9.17) is 0 Å². The molecule has 1 rings (SSSR count). The number of nitrogens with zero attached hydrogens (tertiary/aromatic N) is 2. The summed E-state index contributed by atoms with van der Waals surface area (Å²) in [5, 5.41) is 10.5. The number of aromatic hydroxyl groups is 1. The zero-order valence-electron chi connectivity index (χ0n) is 14.9. The predicted molar refractivity (Wildman–Crippen MR) is 90.6 cm³/mol. The lowest BCUT2D eigenvalue weighted by Gasteiger charge is -2.31. The van der Waals surface area contributed by atoms with E-state index in [1.54, 1.807) is 0 Å². The van der Waals surface area contributed by atoms with Crippen molar-refractivity contribution in [2.75, 3.05) is 28.2 Å². The van der Waals surface area contributed by atoms with Crippen LogP contribution in [-0.2, 0) is 0 Å². The van der Waals surface area contributed by atoms with Gasteiger partial charge in [-0.05, 0) is 51.7 Å². The molecule has 0 spiro atoms. The van der Waals surface area contributed by atoms with Gasteiger partial charge < -0.3 is 14.9 Å². The van der Waals surface area contributed by atoms with Gasteiger partial charge in [-0.15, -0.1) is 0 Å². The summed E-state index contributed by atoms with van der Waals surface area (Å²) in [5.74, 6) is 1.36. The van der Waals surface area contributed by atoms with Crippen LogP contribution in [0.4, 0.5) is 0 Å². The van der Waals surface area contributed by atoms with Crippen LogP contribution in [0.2, 0.25) is 0 Å².